The molecule has 7 nitrogen and oxygen atoms in total. The number of imidazole rings is 1. The second-order valence-corrected chi connectivity index (χ2v) is 7.00. The predicted octanol–water partition coefficient (Wildman–Crippen LogP) is 2.82. The molecule has 1 aliphatic rings. The molecule has 1 fully saturated rings. The molecule has 4 aromatic rings. The van der Waals surface area contributed by atoms with Crippen LogP contribution in [-0.2, 0) is 0 Å². The first-order valence-electron chi connectivity index (χ1n) is 9.24. The van der Waals surface area contributed by atoms with Crippen LogP contribution in [0.4, 0.5) is 5.82 Å². The number of aromatic nitrogens is 5. The summed E-state index contributed by atoms with van der Waals surface area (Å²) in [4.78, 5) is 31.2. The molecule has 1 aliphatic heterocycles. The van der Waals surface area contributed by atoms with Gasteiger partial charge in [0.1, 0.15) is 11.6 Å². The maximum absolute atomic E-state index is 12.5. The van der Waals surface area contributed by atoms with Crippen LogP contribution >= 0.6 is 0 Å². The number of hydrogen-bond donors (Lipinski definition) is 1. The van der Waals surface area contributed by atoms with E-state index in [1.807, 2.05) is 47.9 Å². The van der Waals surface area contributed by atoms with Gasteiger partial charge >= 0.3 is 5.69 Å². The second-order valence-electron chi connectivity index (χ2n) is 7.00. The summed E-state index contributed by atoms with van der Waals surface area (Å²) in [5.74, 6) is 1.67. The Bertz CT molecular complexity index is 1190. The van der Waals surface area contributed by atoms with E-state index >= 15 is 0 Å². The van der Waals surface area contributed by atoms with E-state index in [0.717, 1.165) is 59.6 Å². The fraction of sp³-hybridized carbons (Fsp3) is 0.300. The summed E-state index contributed by atoms with van der Waals surface area (Å²) in [7, 11) is 0. The number of rotatable bonds is 2. The molecule has 0 bridgehead atoms. The van der Waals surface area contributed by atoms with Crippen molar-refractivity contribution in [2.24, 2.45) is 0 Å². The molecule has 0 spiro atoms. The Morgan fingerprint density at radius 3 is 2.74 bits per heavy atom. The molecule has 0 amide bonds. The van der Waals surface area contributed by atoms with Crippen molar-refractivity contribution in [2.45, 2.75) is 25.8 Å². The van der Waals surface area contributed by atoms with E-state index in [1.165, 1.54) is 0 Å². The van der Waals surface area contributed by atoms with Crippen molar-refractivity contribution in [3.8, 4) is 0 Å². The minimum Gasteiger partial charge on any atom is -0.356 e. The number of piperidine rings is 1. The maximum Gasteiger partial charge on any atom is 0.326 e. The first-order chi connectivity index (χ1) is 13.2. The van der Waals surface area contributed by atoms with E-state index in [1.54, 1.807) is 6.20 Å². The van der Waals surface area contributed by atoms with E-state index in [2.05, 4.69) is 24.8 Å². The molecule has 0 unspecified atom stereocenters. The topological polar surface area (TPSA) is 79.7 Å². The summed E-state index contributed by atoms with van der Waals surface area (Å²) in [6, 6.07) is 12.0. The lowest BCUT2D eigenvalue weighted by molar-refractivity contribution is 0.395. The molecular formula is C20H20N6O. The van der Waals surface area contributed by atoms with Crippen LogP contribution in [0.15, 0.2) is 47.4 Å². The van der Waals surface area contributed by atoms with Gasteiger partial charge in [0, 0.05) is 25.3 Å². The highest BCUT2D eigenvalue weighted by molar-refractivity contribution is 5.86. The van der Waals surface area contributed by atoms with E-state index in [-0.39, 0.29) is 11.7 Å². The molecule has 0 radical (unpaired) electrons. The van der Waals surface area contributed by atoms with E-state index in [9.17, 15) is 4.79 Å². The average Bonchev–Trinajstić information content (AvgIpc) is 3.03. The lowest BCUT2D eigenvalue weighted by atomic mass is 10.0. The molecule has 1 aromatic carbocycles. The molecule has 7 heteroatoms. The molecule has 0 atom stereocenters. The Balaban J connectivity index is 1.46. The molecule has 1 saturated heterocycles. The molecule has 5 rings (SSSR count). The lowest BCUT2D eigenvalue weighted by Gasteiger charge is -2.33. The van der Waals surface area contributed by atoms with Gasteiger partial charge in [-0.15, -0.1) is 0 Å². The Morgan fingerprint density at radius 2 is 1.89 bits per heavy atom. The van der Waals surface area contributed by atoms with Crippen molar-refractivity contribution in [1.29, 1.82) is 0 Å². The highest BCUT2D eigenvalue weighted by Gasteiger charge is 2.25. The maximum atomic E-state index is 12.5. The van der Waals surface area contributed by atoms with E-state index in [0.29, 0.717) is 0 Å². The summed E-state index contributed by atoms with van der Waals surface area (Å²) in [6.45, 7) is 3.59. The number of benzene rings is 1. The van der Waals surface area contributed by atoms with Gasteiger partial charge in [-0.2, -0.15) is 0 Å². The van der Waals surface area contributed by atoms with Gasteiger partial charge in [-0.1, -0.05) is 12.1 Å². The monoisotopic (exact) mass is 360 g/mol. The summed E-state index contributed by atoms with van der Waals surface area (Å²) < 4.78 is 1.91. The summed E-state index contributed by atoms with van der Waals surface area (Å²) in [6.07, 6.45) is 3.55. The van der Waals surface area contributed by atoms with Crippen LogP contribution in [0, 0.1) is 6.92 Å². The number of pyridine rings is 1. The van der Waals surface area contributed by atoms with Crippen molar-refractivity contribution in [3.05, 3.63) is 58.9 Å². The largest absolute Gasteiger partial charge is 0.356 e. The van der Waals surface area contributed by atoms with Crippen molar-refractivity contribution in [3.63, 3.8) is 0 Å². The van der Waals surface area contributed by atoms with Crippen molar-refractivity contribution < 1.29 is 0 Å². The van der Waals surface area contributed by atoms with Crippen molar-refractivity contribution >= 4 is 27.9 Å². The predicted molar refractivity (Wildman–Crippen MR) is 105 cm³/mol. The second kappa shape index (κ2) is 6.19. The van der Waals surface area contributed by atoms with Gasteiger partial charge in [0.15, 0.2) is 5.65 Å². The fourth-order valence-electron chi connectivity index (χ4n) is 4.07. The Kier molecular flexibility index (Phi) is 3.67. The SMILES string of the molecule is Cc1nc(N2CCC(n3c(=O)[nH]c4ccccc43)CC2)c2cccnc2n1. The molecule has 27 heavy (non-hydrogen) atoms. The third-order valence-corrected chi connectivity index (χ3v) is 5.32. The van der Waals surface area contributed by atoms with Gasteiger partial charge in [-0.25, -0.2) is 19.7 Å². The number of hydrogen-bond acceptors (Lipinski definition) is 5. The van der Waals surface area contributed by atoms with E-state index < -0.39 is 0 Å². The normalized spacial score (nSPS) is 15.7. The van der Waals surface area contributed by atoms with Crippen LogP contribution in [0.5, 0.6) is 0 Å². The van der Waals surface area contributed by atoms with Gasteiger partial charge in [0.2, 0.25) is 0 Å². The number of aromatic amines is 1. The minimum absolute atomic E-state index is 0.0258. The highest BCUT2D eigenvalue weighted by atomic mass is 16.1. The van der Waals surface area contributed by atoms with Crippen LogP contribution < -0.4 is 10.6 Å². The first kappa shape index (κ1) is 16.0. The van der Waals surface area contributed by atoms with Crippen LogP contribution in [0.25, 0.3) is 22.1 Å². The van der Waals surface area contributed by atoms with Crippen LogP contribution in [-0.4, -0.2) is 37.6 Å². The summed E-state index contributed by atoms with van der Waals surface area (Å²) >= 11 is 0. The van der Waals surface area contributed by atoms with Gasteiger partial charge in [-0.05, 0) is 44.0 Å². The lowest BCUT2D eigenvalue weighted by Crippen LogP contribution is -2.37. The Labute approximate surface area is 155 Å². The van der Waals surface area contributed by atoms with Crippen molar-refractivity contribution in [2.75, 3.05) is 18.0 Å². The number of anilines is 1. The van der Waals surface area contributed by atoms with Gasteiger partial charge in [0.05, 0.1) is 16.4 Å². The molecule has 4 heterocycles. The van der Waals surface area contributed by atoms with Gasteiger partial charge in [-0.3, -0.25) is 4.57 Å². The van der Waals surface area contributed by atoms with Crippen LogP contribution in [0.1, 0.15) is 24.7 Å². The average molecular weight is 360 g/mol. The third-order valence-electron chi connectivity index (χ3n) is 5.32. The zero-order chi connectivity index (χ0) is 18.4. The number of nitrogens with one attached hydrogen (secondary N) is 1. The molecule has 0 saturated carbocycles. The number of aryl methyl sites for hydroxylation is 1. The van der Waals surface area contributed by atoms with E-state index in [4.69, 9.17) is 0 Å². The van der Waals surface area contributed by atoms with Crippen LogP contribution in [0.3, 0.4) is 0 Å². The third kappa shape index (κ3) is 2.66. The number of H-pyrrole nitrogens is 1. The molecular weight excluding hydrogens is 340 g/mol. The number of para-hydroxylation sites is 2. The summed E-state index contributed by atoms with van der Waals surface area (Å²) in [5.41, 5.74) is 2.58. The quantitative estimate of drug-likeness (QED) is 0.595. The molecule has 136 valence electrons. The van der Waals surface area contributed by atoms with Crippen LogP contribution in [0.2, 0.25) is 0 Å². The molecule has 3 aromatic heterocycles. The van der Waals surface area contributed by atoms with Crippen molar-refractivity contribution in [1.82, 2.24) is 24.5 Å². The Morgan fingerprint density at radius 1 is 1.07 bits per heavy atom. The van der Waals surface area contributed by atoms with Gasteiger partial charge < -0.3 is 9.88 Å². The first-order valence-corrected chi connectivity index (χ1v) is 9.24. The van der Waals surface area contributed by atoms with Gasteiger partial charge in [0.25, 0.3) is 0 Å². The zero-order valence-corrected chi connectivity index (χ0v) is 15.1. The molecule has 0 aliphatic carbocycles. The highest BCUT2D eigenvalue weighted by Crippen LogP contribution is 2.30. The standard InChI is InChI=1S/C20H20N6O/c1-13-22-18-15(5-4-10-21-18)19(23-13)25-11-8-14(9-12-25)26-17-7-3-2-6-16(17)24-20(26)27/h2-7,10,14H,8-9,11-12H2,1H3,(H,24,27). The molecule has 1 N–H and O–H groups in total. The minimum atomic E-state index is -0.0258. The Hall–Kier alpha value is -3.22. The zero-order valence-electron chi connectivity index (χ0n) is 15.1. The smallest absolute Gasteiger partial charge is 0.326 e. The fourth-order valence-corrected chi connectivity index (χ4v) is 4.07. The number of fused-ring (bicyclic) bond motifs is 2. The summed E-state index contributed by atoms with van der Waals surface area (Å²) in [5, 5.41) is 0.978. The number of nitrogens with zero attached hydrogens (tertiary/aromatic N) is 5.